The second-order valence-corrected chi connectivity index (χ2v) is 7.56. The van der Waals surface area contributed by atoms with Crippen LogP contribution >= 0.6 is 0 Å². The van der Waals surface area contributed by atoms with Gasteiger partial charge in [-0.2, -0.15) is 5.26 Å². The van der Waals surface area contributed by atoms with Crippen LogP contribution in [0.5, 0.6) is 0 Å². The van der Waals surface area contributed by atoms with E-state index in [1.54, 1.807) is 12.1 Å². The highest BCUT2D eigenvalue weighted by molar-refractivity contribution is 6.09. The Morgan fingerprint density at radius 3 is 2.79 bits per heavy atom. The fourth-order valence-electron chi connectivity index (χ4n) is 4.04. The Kier molecular flexibility index (Phi) is 6.02. The van der Waals surface area contributed by atoms with Crippen LogP contribution in [0.2, 0.25) is 0 Å². The standard InChI is InChI=1S/C20H26N4O4/c1-2-15-6-8-20(9-7-15)18(26)24(19(27)22-20)14-17(25)23(11-4-10-21)13-16-5-3-12-28-16/h3,5,12,15H,2,4,6-9,11,13-14H2,1H3,(H,22,27). The van der Waals surface area contributed by atoms with E-state index in [9.17, 15) is 14.4 Å². The van der Waals surface area contributed by atoms with Gasteiger partial charge in [-0.05, 0) is 43.7 Å². The highest BCUT2D eigenvalue weighted by Crippen LogP contribution is 2.37. The monoisotopic (exact) mass is 386 g/mol. The molecule has 0 aromatic carbocycles. The molecular formula is C20H26N4O4. The minimum Gasteiger partial charge on any atom is -0.467 e. The predicted molar refractivity (Wildman–Crippen MR) is 99.6 cm³/mol. The van der Waals surface area contributed by atoms with Crippen LogP contribution < -0.4 is 5.32 Å². The lowest BCUT2D eigenvalue weighted by Gasteiger charge is -2.34. The van der Waals surface area contributed by atoms with Crippen molar-refractivity contribution < 1.29 is 18.8 Å². The third-order valence-electron chi connectivity index (χ3n) is 5.85. The van der Waals surface area contributed by atoms with Crippen LogP contribution in [-0.2, 0) is 16.1 Å². The Balaban J connectivity index is 1.67. The summed E-state index contributed by atoms with van der Waals surface area (Å²) in [5, 5.41) is 11.7. The van der Waals surface area contributed by atoms with Gasteiger partial charge in [0.05, 0.1) is 25.3 Å². The zero-order valence-electron chi connectivity index (χ0n) is 16.1. The lowest BCUT2D eigenvalue weighted by atomic mass is 9.75. The number of carbonyl (C=O) groups is 3. The van der Waals surface area contributed by atoms with Gasteiger partial charge in [0, 0.05) is 6.54 Å². The summed E-state index contributed by atoms with van der Waals surface area (Å²) in [7, 11) is 0. The highest BCUT2D eigenvalue weighted by atomic mass is 16.3. The van der Waals surface area contributed by atoms with Crippen molar-refractivity contribution in [2.24, 2.45) is 5.92 Å². The van der Waals surface area contributed by atoms with Gasteiger partial charge in [-0.25, -0.2) is 4.79 Å². The second kappa shape index (κ2) is 8.46. The average molecular weight is 386 g/mol. The lowest BCUT2D eigenvalue weighted by molar-refractivity contribution is -0.140. The quantitative estimate of drug-likeness (QED) is 0.724. The van der Waals surface area contributed by atoms with Crippen molar-refractivity contribution in [3.05, 3.63) is 24.2 Å². The molecule has 1 aliphatic heterocycles. The number of amides is 4. The van der Waals surface area contributed by atoms with E-state index in [0.717, 1.165) is 24.2 Å². The van der Waals surface area contributed by atoms with Crippen molar-refractivity contribution in [2.45, 2.75) is 57.5 Å². The molecule has 1 aromatic heterocycles. The molecule has 1 spiro atoms. The molecule has 0 radical (unpaired) electrons. The van der Waals surface area contributed by atoms with Gasteiger partial charge < -0.3 is 14.6 Å². The molecule has 1 aromatic rings. The van der Waals surface area contributed by atoms with E-state index in [4.69, 9.17) is 9.68 Å². The van der Waals surface area contributed by atoms with Crippen molar-refractivity contribution in [2.75, 3.05) is 13.1 Å². The largest absolute Gasteiger partial charge is 0.467 e. The number of rotatable bonds is 7. The number of nitrogens with one attached hydrogen (secondary N) is 1. The van der Waals surface area contributed by atoms with E-state index >= 15 is 0 Å². The first-order chi connectivity index (χ1) is 13.5. The number of hydrogen-bond donors (Lipinski definition) is 1. The van der Waals surface area contributed by atoms with Crippen LogP contribution in [0.25, 0.3) is 0 Å². The normalized spacial score (nSPS) is 24.3. The Morgan fingerprint density at radius 1 is 1.43 bits per heavy atom. The Labute approximate surface area is 164 Å². The van der Waals surface area contributed by atoms with Crippen LogP contribution in [0.4, 0.5) is 4.79 Å². The van der Waals surface area contributed by atoms with E-state index < -0.39 is 11.6 Å². The Morgan fingerprint density at radius 2 is 2.18 bits per heavy atom. The molecule has 3 rings (SSSR count). The molecule has 8 nitrogen and oxygen atoms in total. The van der Waals surface area contributed by atoms with E-state index in [1.807, 2.05) is 6.07 Å². The molecule has 1 saturated heterocycles. The number of imide groups is 1. The maximum absolute atomic E-state index is 13.0. The van der Waals surface area contributed by atoms with E-state index in [2.05, 4.69) is 12.2 Å². The van der Waals surface area contributed by atoms with E-state index in [0.29, 0.717) is 24.5 Å². The third-order valence-corrected chi connectivity index (χ3v) is 5.85. The molecular weight excluding hydrogens is 360 g/mol. The van der Waals surface area contributed by atoms with Crippen molar-refractivity contribution in [1.82, 2.24) is 15.1 Å². The SMILES string of the molecule is CCC1CCC2(CC1)NC(=O)N(CC(=O)N(CCC#N)Cc1ccco1)C2=O. The summed E-state index contributed by atoms with van der Waals surface area (Å²) in [6.45, 7) is 2.22. The summed E-state index contributed by atoms with van der Waals surface area (Å²) in [6, 6.07) is 4.96. The fraction of sp³-hybridized carbons (Fsp3) is 0.600. The first-order valence-corrected chi connectivity index (χ1v) is 9.80. The maximum atomic E-state index is 13.0. The molecule has 0 unspecified atom stereocenters. The van der Waals surface area contributed by atoms with Crippen LogP contribution in [0.3, 0.4) is 0 Å². The Bertz CT molecular complexity index is 760. The molecule has 1 saturated carbocycles. The molecule has 8 heteroatoms. The minimum absolute atomic E-state index is 0.162. The number of carbonyl (C=O) groups excluding carboxylic acids is 3. The molecule has 28 heavy (non-hydrogen) atoms. The third kappa shape index (κ3) is 4.03. The predicted octanol–water partition coefficient (Wildman–Crippen LogP) is 2.41. The minimum atomic E-state index is -0.860. The molecule has 0 atom stereocenters. The van der Waals surface area contributed by atoms with E-state index in [-0.39, 0.29) is 37.9 Å². The summed E-state index contributed by atoms with van der Waals surface area (Å²) in [6.07, 6.45) is 5.77. The van der Waals surface area contributed by atoms with Crippen LogP contribution in [0, 0.1) is 17.2 Å². The molecule has 2 fully saturated rings. The topological polar surface area (TPSA) is 107 Å². The number of urea groups is 1. The van der Waals surface area contributed by atoms with Gasteiger partial charge in [0.25, 0.3) is 5.91 Å². The summed E-state index contributed by atoms with van der Waals surface area (Å²) in [5.74, 6) is 0.478. The summed E-state index contributed by atoms with van der Waals surface area (Å²) >= 11 is 0. The number of nitriles is 1. The van der Waals surface area contributed by atoms with Gasteiger partial charge in [0.1, 0.15) is 17.8 Å². The molecule has 2 aliphatic rings. The zero-order valence-corrected chi connectivity index (χ0v) is 16.1. The molecule has 1 N–H and O–H groups in total. The van der Waals surface area contributed by atoms with Gasteiger partial charge in [0.15, 0.2) is 0 Å². The van der Waals surface area contributed by atoms with Crippen molar-refractivity contribution in [3.63, 3.8) is 0 Å². The number of hydrogen-bond acceptors (Lipinski definition) is 5. The number of nitrogens with zero attached hydrogens (tertiary/aromatic N) is 3. The first kappa shape index (κ1) is 19.9. The van der Waals surface area contributed by atoms with Crippen LogP contribution in [0.1, 0.15) is 51.2 Å². The molecule has 150 valence electrons. The highest BCUT2D eigenvalue weighted by Gasteiger charge is 2.52. The summed E-state index contributed by atoms with van der Waals surface area (Å²) in [5.41, 5.74) is -0.860. The molecule has 2 heterocycles. The van der Waals surface area contributed by atoms with Crippen LogP contribution in [0.15, 0.2) is 22.8 Å². The molecule has 0 bridgehead atoms. The van der Waals surface area contributed by atoms with Crippen molar-refractivity contribution in [3.8, 4) is 6.07 Å². The Hall–Kier alpha value is -2.82. The average Bonchev–Trinajstić information content (AvgIpc) is 3.28. The van der Waals surface area contributed by atoms with Crippen molar-refractivity contribution in [1.29, 1.82) is 5.26 Å². The maximum Gasteiger partial charge on any atom is 0.325 e. The summed E-state index contributed by atoms with van der Waals surface area (Å²) < 4.78 is 5.28. The second-order valence-electron chi connectivity index (χ2n) is 7.56. The van der Waals surface area contributed by atoms with Crippen LogP contribution in [-0.4, -0.2) is 46.3 Å². The fourth-order valence-corrected chi connectivity index (χ4v) is 4.04. The lowest BCUT2D eigenvalue weighted by Crippen LogP contribution is -2.50. The summed E-state index contributed by atoms with van der Waals surface area (Å²) in [4.78, 5) is 40.7. The van der Waals surface area contributed by atoms with E-state index in [1.165, 1.54) is 11.2 Å². The van der Waals surface area contributed by atoms with Gasteiger partial charge in [-0.3, -0.25) is 14.5 Å². The molecule has 1 aliphatic carbocycles. The van der Waals surface area contributed by atoms with Gasteiger partial charge >= 0.3 is 6.03 Å². The van der Waals surface area contributed by atoms with Gasteiger partial charge in [-0.15, -0.1) is 0 Å². The smallest absolute Gasteiger partial charge is 0.325 e. The van der Waals surface area contributed by atoms with Crippen molar-refractivity contribution >= 4 is 17.8 Å². The van der Waals surface area contributed by atoms with Gasteiger partial charge in [0.2, 0.25) is 5.91 Å². The van der Waals surface area contributed by atoms with Gasteiger partial charge in [-0.1, -0.05) is 13.3 Å². The number of furan rings is 1. The molecule has 4 amide bonds. The zero-order chi connectivity index (χ0) is 20.1. The first-order valence-electron chi connectivity index (χ1n) is 9.80.